The molecule has 0 spiro atoms. The van der Waals surface area contributed by atoms with Crippen molar-refractivity contribution in [1.29, 1.82) is 0 Å². The van der Waals surface area contributed by atoms with Crippen LogP contribution in [0.5, 0.6) is 11.5 Å². The maximum atomic E-state index is 13.1. The third-order valence-corrected chi connectivity index (χ3v) is 7.70. The Morgan fingerprint density at radius 3 is 2.34 bits per heavy atom. The van der Waals surface area contributed by atoms with Crippen molar-refractivity contribution in [2.45, 2.75) is 24.8 Å². The number of rotatable bonds is 7. The number of amides is 1. The number of benzene rings is 2. The molecular weight excluding hydrogens is 430 g/mol. The van der Waals surface area contributed by atoms with E-state index in [2.05, 4.69) is 10.2 Å². The Hall–Kier alpha value is -2.62. The minimum atomic E-state index is -3.67. The van der Waals surface area contributed by atoms with E-state index in [9.17, 15) is 13.2 Å². The smallest absolute Gasteiger partial charge is 0.252 e. The van der Waals surface area contributed by atoms with Crippen LogP contribution in [0, 0.1) is 6.92 Å². The van der Waals surface area contributed by atoms with E-state index < -0.39 is 10.0 Å². The Bertz CT molecular complexity index is 1080. The van der Waals surface area contributed by atoms with Crippen molar-refractivity contribution in [2.75, 3.05) is 47.4 Å². The summed E-state index contributed by atoms with van der Waals surface area (Å²) in [6, 6.07) is 9.70. The number of likely N-dealkylation sites (N-methyl/N-ethyl adjacent to an activating group) is 1. The predicted molar refractivity (Wildman–Crippen MR) is 123 cm³/mol. The second-order valence-electron chi connectivity index (χ2n) is 7.99. The molecule has 1 amide bonds. The molecular formula is C23H31N3O5S. The molecule has 2 aromatic carbocycles. The lowest BCUT2D eigenvalue weighted by molar-refractivity contribution is 0.0938. The molecule has 1 fully saturated rings. The first-order chi connectivity index (χ1) is 15.2. The fourth-order valence-corrected chi connectivity index (χ4v) is 5.16. The van der Waals surface area contributed by atoms with Gasteiger partial charge in [-0.1, -0.05) is 6.07 Å². The van der Waals surface area contributed by atoms with Crippen molar-refractivity contribution in [1.82, 2.24) is 14.5 Å². The fourth-order valence-electron chi connectivity index (χ4n) is 3.71. The predicted octanol–water partition coefficient (Wildman–Crippen LogP) is 2.44. The van der Waals surface area contributed by atoms with Crippen LogP contribution in [0.1, 0.15) is 34.5 Å². The molecule has 0 bridgehead atoms. The molecule has 2 aromatic rings. The molecule has 1 atom stereocenters. The highest BCUT2D eigenvalue weighted by Crippen LogP contribution is 2.30. The number of nitrogens with zero attached hydrogens (tertiary/aromatic N) is 2. The monoisotopic (exact) mass is 461 g/mol. The molecule has 0 aromatic heterocycles. The number of hydrogen-bond acceptors (Lipinski definition) is 6. The first-order valence-electron chi connectivity index (χ1n) is 10.5. The molecule has 32 heavy (non-hydrogen) atoms. The van der Waals surface area contributed by atoms with Crippen LogP contribution in [-0.2, 0) is 10.0 Å². The van der Waals surface area contributed by atoms with Gasteiger partial charge in [-0.15, -0.1) is 0 Å². The molecule has 8 nitrogen and oxygen atoms in total. The molecule has 9 heteroatoms. The Morgan fingerprint density at radius 1 is 1.03 bits per heavy atom. The van der Waals surface area contributed by atoms with E-state index in [1.807, 2.05) is 20.0 Å². The Labute approximate surface area is 190 Å². The van der Waals surface area contributed by atoms with Crippen LogP contribution in [0.25, 0.3) is 0 Å². The van der Waals surface area contributed by atoms with Crippen LogP contribution in [0.3, 0.4) is 0 Å². The number of carbonyl (C=O) groups excluding carboxylic acids is 1. The van der Waals surface area contributed by atoms with Crippen LogP contribution in [0.15, 0.2) is 41.3 Å². The number of ether oxygens (including phenoxy) is 2. The number of nitrogens with one attached hydrogen (secondary N) is 1. The quantitative estimate of drug-likeness (QED) is 0.682. The van der Waals surface area contributed by atoms with Crippen molar-refractivity contribution >= 4 is 15.9 Å². The van der Waals surface area contributed by atoms with Gasteiger partial charge in [-0.05, 0) is 56.8 Å². The average molecular weight is 462 g/mol. The highest BCUT2D eigenvalue weighted by atomic mass is 32.2. The van der Waals surface area contributed by atoms with Crippen LogP contribution >= 0.6 is 0 Å². The van der Waals surface area contributed by atoms with Crippen LogP contribution in [0.2, 0.25) is 0 Å². The zero-order valence-corrected chi connectivity index (χ0v) is 20.0. The van der Waals surface area contributed by atoms with Crippen LogP contribution in [0.4, 0.5) is 0 Å². The highest BCUT2D eigenvalue weighted by Gasteiger charge is 2.28. The summed E-state index contributed by atoms with van der Waals surface area (Å²) < 4.78 is 38.4. The van der Waals surface area contributed by atoms with Crippen molar-refractivity contribution in [3.63, 3.8) is 0 Å². The summed E-state index contributed by atoms with van der Waals surface area (Å²) in [5, 5.41) is 2.95. The zero-order valence-electron chi connectivity index (χ0n) is 19.2. The number of methoxy groups -OCH3 is 2. The fraction of sp³-hybridized carbons (Fsp3) is 0.435. The standard InChI is InChI=1S/C23H31N3O5S/c1-16-6-8-19(32(28,29)26-12-10-25(3)11-13-26)15-20(16)23(27)24-17(2)21-14-18(30-4)7-9-22(21)31-5/h6-9,14-15,17H,10-13H2,1-5H3,(H,24,27)/t17-/m0/s1. The topological polar surface area (TPSA) is 88.2 Å². The Morgan fingerprint density at radius 2 is 1.72 bits per heavy atom. The van der Waals surface area contributed by atoms with Gasteiger partial charge in [0.25, 0.3) is 5.91 Å². The molecule has 0 radical (unpaired) electrons. The van der Waals surface area contributed by atoms with Gasteiger partial charge in [0.05, 0.1) is 25.2 Å². The summed E-state index contributed by atoms with van der Waals surface area (Å²) in [7, 11) is 1.44. The van der Waals surface area contributed by atoms with Gasteiger partial charge < -0.3 is 19.7 Å². The van der Waals surface area contributed by atoms with Crippen molar-refractivity contribution < 1.29 is 22.7 Å². The lowest BCUT2D eigenvalue weighted by atomic mass is 10.0. The Balaban J connectivity index is 1.85. The van der Waals surface area contributed by atoms with E-state index in [0.29, 0.717) is 48.8 Å². The molecule has 3 rings (SSSR count). The van der Waals surface area contributed by atoms with Gasteiger partial charge in [0, 0.05) is 37.3 Å². The lowest BCUT2D eigenvalue weighted by Gasteiger charge is -2.31. The van der Waals surface area contributed by atoms with E-state index in [4.69, 9.17) is 9.47 Å². The number of piperazine rings is 1. The molecule has 0 saturated carbocycles. The molecule has 1 aliphatic rings. The third kappa shape index (κ3) is 5.06. The maximum Gasteiger partial charge on any atom is 0.252 e. The first-order valence-corrected chi connectivity index (χ1v) is 11.9. The van der Waals surface area contributed by atoms with E-state index in [-0.39, 0.29) is 16.8 Å². The average Bonchev–Trinajstić information content (AvgIpc) is 2.78. The van der Waals surface area contributed by atoms with Crippen molar-refractivity contribution in [3.8, 4) is 11.5 Å². The minimum Gasteiger partial charge on any atom is -0.497 e. The van der Waals surface area contributed by atoms with Gasteiger partial charge in [0.2, 0.25) is 10.0 Å². The summed E-state index contributed by atoms with van der Waals surface area (Å²) in [5.74, 6) is 0.926. The Kier molecular flexibility index (Phi) is 7.43. The number of sulfonamides is 1. The van der Waals surface area contributed by atoms with Gasteiger partial charge >= 0.3 is 0 Å². The van der Waals surface area contributed by atoms with Gasteiger partial charge in [-0.3, -0.25) is 4.79 Å². The number of aryl methyl sites for hydroxylation is 1. The zero-order chi connectivity index (χ0) is 23.5. The minimum absolute atomic E-state index is 0.129. The number of hydrogen-bond donors (Lipinski definition) is 1. The number of carbonyl (C=O) groups is 1. The molecule has 0 unspecified atom stereocenters. The normalized spacial score (nSPS) is 16.4. The van der Waals surface area contributed by atoms with Crippen LogP contribution < -0.4 is 14.8 Å². The third-order valence-electron chi connectivity index (χ3n) is 5.80. The SMILES string of the molecule is COc1ccc(OC)c([C@H](C)NC(=O)c2cc(S(=O)(=O)N3CCN(C)CC3)ccc2C)c1. The summed E-state index contributed by atoms with van der Waals surface area (Å²) in [5.41, 5.74) is 1.79. The van der Waals surface area contributed by atoms with Gasteiger partial charge in [-0.25, -0.2) is 8.42 Å². The highest BCUT2D eigenvalue weighted by molar-refractivity contribution is 7.89. The summed E-state index contributed by atoms with van der Waals surface area (Å²) in [6.45, 7) is 5.85. The van der Waals surface area contributed by atoms with E-state index >= 15 is 0 Å². The van der Waals surface area contributed by atoms with Gasteiger partial charge in [0.1, 0.15) is 11.5 Å². The largest absolute Gasteiger partial charge is 0.497 e. The molecule has 174 valence electrons. The summed E-state index contributed by atoms with van der Waals surface area (Å²) in [6.07, 6.45) is 0. The van der Waals surface area contributed by atoms with E-state index in [0.717, 1.165) is 5.56 Å². The first kappa shape index (κ1) is 24.0. The van der Waals surface area contributed by atoms with Gasteiger partial charge in [0.15, 0.2) is 0 Å². The van der Waals surface area contributed by atoms with E-state index in [1.165, 1.54) is 10.4 Å². The molecule has 0 aliphatic carbocycles. The summed E-state index contributed by atoms with van der Waals surface area (Å²) >= 11 is 0. The lowest BCUT2D eigenvalue weighted by Crippen LogP contribution is -2.47. The molecule has 1 saturated heterocycles. The van der Waals surface area contributed by atoms with E-state index in [1.54, 1.807) is 45.4 Å². The summed E-state index contributed by atoms with van der Waals surface area (Å²) in [4.78, 5) is 15.3. The van der Waals surface area contributed by atoms with Crippen LogP contribution in [-0.4, -0.2) is 71.0 Å². The van der Waals surface area contributed by atoms with Crippen molar-refractivity contribution in [3.05, 3.63) is 53.1 Å². The molecule has 1 N–H and O–H groups in total. The second-order valence-corrected chi connectivity index (χ2v) is 9.93. The maximum absolute atomic E-state index is 13.1. The molecule has 1 aliphatic heterocycles. The van der Waals surface area contributed by atoms with Crippen molar-refractivity contribution in [2.24, 2.45) is 0 Å². The van der Waals surface area contributed by atoms with Gasteiger partial charge in [-0.2, -0.15) is 4.31 Å². The second kappa shape index (κ2) is 9.89. The molecule has 1 heterocycles.